The van der Waals surface area contributed by atoms with Gasteiger partial charge in [-0.2, -0.15) is 0 Å². The quantitative estimate of drug-likeness (QED) is 0.436. The number of rotatable bonds is 9. The lowest BCUT2D eigenvalue weighted by Gasteiger charge is -2.35. The van der Waals surface area contributed by atoms with Crippen LogP contribution in [0.1, 0.15) is 27.7 Å². The highest BCUT2D eigenvalue weighted by molar-refractivity contribution is 8.13. The van der Waals surface area contributed by atoms with E-state index in [0.29, 0.717) is 23.9 Å². The van der Waals surface area contributed by atoms with Crippen molar-refractivity contribution >= 4 is 40.6 Å². The van der Waals surface area contributed by atoms with Gasteiger partial charge in [0.15, 0.2) is 22.2 Å². The molecule has 1 fully saturated rings. The third kappa shape index (κ3) is 5.01. The number of Topliss-reactive ketones (excluding diaryl/α,β-unsaturated/α-hetero) is 1. The molecule has 2 atom stereocenters. The second-order valence-corrected chi connectivity index (χ2v) is 8.44. The highest BCUT2D eigenvalue weighted by Gasteiger charge is 2.55. The molecule has 7 nitrogen and oxygen atoms in total. The summed E-state index contributed by atoms with van der Waals surface area (Å²) in [4.78, 5) is 35.7. The van der Waals surface area contributed by atoms with Crippen LogP contribution < -0.4 is 9.47 Å². The number of hydrogen-bond donors (Lipinski definition) is 0. The Morgan fingerprint density at radius 3 is 2.32 bits per heavy atom. The molecule has 0 spiro atoms. The van der Waals surface area contributed by atoms with Gasteiger partial charge in [0.1, 0.15) is 12.6 Å². The number of carbonyl (C=O) groups is 3. The monoisotopic (exact) mass is 427 g/mol. The number of benzene rings is 1. The molecule has 0 bridgehead atoms. The van der Waals surface area contributed by atoms with E-state index in [9.17, 15) is 14.4 Å². The summed E-state index contributed by atoms with van der Waals surface area (Å²) in [5, 5.41) is -0.225. The van der Waals surface area contributed by atoms with Crippen LogP contribution in [0, 0.1) is 0 Å². The van der Waals surface area contributed by atoms with Crippen LogP contribution in [-0.4, -0.2) is 57.7 Å². The molecular weight excluding hydrogens is 402 g/mol. The van der Waals surface area contributed by atoms with Crippen molar-refractivity contribution < 1.29 is 28.6 Å². The molecule has 1 saturated heterocycles. The molecule has 28 heavy (non-hydrogen) atoms. The first-order valence-corrected chi connectivity index (χ1v) is 10.8. The zero-order chi connectivity index (χ0) is 20.7. The van der Waals surface area contributed by atoms with E-state index in [1.165, 1.54) is 29.9 Å². The second-order valence-electron chi connectivity index (χ2n) is 6.00. The smallest absolute Gasteiger partial charge is 0.325 e. The maximum atomic E-state index is 12.7. The number of carbonyl (C=O) groups excluding carboxylic acids is 3. The van der Waals surface area contributed by atoms with Crippen LogP contribution >= 0.6 is 23.7 Å². The predicted molar refractivity (Wildman–Crippen MR) is 110 cm³/mol. The molecule has 0 N–H and O–H groups in total. The molecule has 2 unspecified atom stereocenters. The molecule has 1 aromatic rings. The molecule has 1 aliphatic heterocycles. The summed E-state index contributed by atoms with van der Waals surface area (Å²) in [6, 6.07) is 6.46. The van der Waals surface area contributed by atoms with Crippen molar-refractivity contribution in [2.75, 3.05) is 25.6 Å². The Hall–Kier alpha value is -1.71. The van der Waals surface area contributed by atoms with Crippen LogP contribution in [0.25, 0.3) is 0 Å². The number of thioether (sulfide) groups is 1. The van der Waals surface area contributed by atoms with E-state index in [-0.39, 0.29) is 24.1 Å². The summed E-state index contributed by atoms with van der Waals surface area (Å²) >= 11 is 2.14. The highest BCUT2D eigenvalue weighted by atomic mass is 32.2. The number of esters is 1. The maximum absolute atomic E-state index is 12.7. The molecule has 154 valence electrons. The number of ether oxygens (including phenoxy) is 3. The van der Waals surface area contributed by atoms with E-state index in [0.717, 1.165) is 11.9 Å². The standard InChI is InChI=1S/C19H25NO6S2/c1-5-24-16-9-7-8-10-17(16)26-12-19(13(3)21)20(28-14(4)22)15(11-27-19)18(23)25-6-2/h7-10,15H,5-6,11-12H2,1-4H3. The largest absolute Gasteiger partial charge is 0.490 e. The Kier molecular flexibility index (Phi) is 8.21. The third-order valence-electron chi connectivity index (χ3n) is 4.03. The van der Waals surface area contributed by atoms with Crippen LogP contribution in [0.3, 0.4) is 0 Å². The average molecular weight is 428 g/mol. The van der Waals surface area contributed by atoms with Gasteiger partial charge in [-0.05, 0) is 44.9 Å². The van der Waals surface area contributed by atoms with E-state index in [2.05, 4.69) is 0 Å². The Balaban J connectivity index is 2.31. The van der Waals surface area contributed by atoms with Gasteiger partial charge >= 0.3 is 5.97 Å². The van der Waals surface area contributed by atoms with Crippen molar-refractivity contribution in [2.24, 2.45) is 0 Å². The van der Waals surface area contributed by atoms with Gasteiger partial charge in [-0.1, -0.05) is 12.1 Å². The molecule has 1 heterocycles. The van der Waals surface area contributed by atoms with Gasteiger partial charge in [0.25, 0.3) is 0 Å². The van der Waals surface area contributed by atoms with Crippen molar-refractivity contribution in [2.45, 2.75) is 38.6 Å². The summed E-state index contributed by atoms with van der Waals surface area (Å²) in [6.45, 7) is 7.09. The Morgan fingerprint density at radius 2 is 1.79 bits per heavy atom. The lowest BCUT2D eigenvalue weighted by molar-refractivity contribution is -0.147. The molecule has 2 rings (SSSR count). The molecule has 0 radical (unpaired) electrons. The normalized spacial score (nSPS) is 21.9. The minimum Gasteiger partial charge on any atom is -0.490 e. The fourth-order valence-corrected chi connectivity index (χ4v) is 5.34. The topological polar surface area (TPSA) is 82.1 Å². The maximum Gasteiger partial charge on any atom is 0.325 e. The molecule has 1 aromatic carbocycles. The van der Waals surface area contributed by atoms with Gasteiger partial charge in [0.2, 0.25) is 5.12 Å². The number of hydrogen-bond acceptors (Lipinski definition) is 9. The van der Waals surface area contributed by atoms with E-state index in [4.69, 9.17) is 14.2 Å². The van der Waals surface area contributed by atoms with E-state index in [1.54, 1.807) is 19.1 Å². The van der Waals surface area contributed by atoms with Gasteiger partial charge in [0.05, 0.1) is 13.2 Å². The lowest BCUT2D eigenvalue weighted by Crippen LogP contribution is -2.53. The number of ketones is 1. The molecule has 1 aliphatic rings. The third-order valence-corrected chi connectivity index (χ3v) is 6.72. The van der Waals surface area contributed by atoms with E-state index >= 15 is 0 Å². The van der Waals surface area contributed by atoms with Gasteiger partial charge in [-0.3, -0.25) is 14.4 Å². The number of para-hydroxylation sites is 2. The van der Waals surface area contributed by atoms with Crippen molar-refractivity contribution in [3.63, 3.8) is 0 Å². The van der Waals surface area contributed by atoms with Crippen LogP contribution in [0.4, 0.5) is 0 Å². The summed E-state index contributed by atoms with van der Waals surface area (Å²) < 4.78 is 18.2. The Labute approximate surface area is 173 Å². The van der Waals surface area contributed by atoms with Gasteiger partial charge in [-0.25, -0.2) is 4.31 Å². The van der Waals surface area contributed by atoms with Gasteiger partial charge < -0.3 is 14.2 Å². The Morgan fingerprint density at radius 1 is 1.14 bits per heavy atom. The first-order chi connectivity index (χ1) is 13.4. The number of nitrogens with zero attached hydrogens (tertiary/aromatic N) is 1. The van der Waals surface area contributed by atoms with Crippen LogP contribution in [0.2, 0.25) is 0 Å². The molecule has 0 aromatic heterocycles. The summed E-state index contributed by atoms with van der Waals surface area (Å²) in [6.07, 6.45) is 0. The van der Waals surface area contributed by atoms with E-state index in [1.807, 2.05) is 19.1 Å². The zero-order valence-electron chi connectivity index (χ0n) is 16.4. The minimum absolute atomic E-state index is 0.0345. The zero-order valence-corrected chi connectivity index (χ0v) is 18.1. The van der Waals surface area contributed by atoms with Crippen molar-refractivity contribution in [3.05, 3.63) is 24.3 Å². The SMILES string of the molecule is CCOC(=O)C1CSC(COc2ccccc2OCC)(C(C)=O)N1SC(C)=O. The fraction of sp³-hybridized carbons (Fsp3) is 0.526. The molecule has 0 saturated carbocycles. The lowest BCUT2D eigenvalue weighted by atomic mass is 10.2. The van der Waals surface area contributed by atoms with Crippen LogP contribution in [0.15, 0.2) is 24.3 Å². The molecule has 0 amide bonds. The van der Waals surface area contributed by atoms with Gasteiger partial charge in [0, 0.05) is 12.7 Å². The minimum atomic E-state index is -1.19. The summed E-state index contributed by atoms with van der Waals surface area (Å²) in [5.41, 5.74) is 0. The van der Waals surface area contributed by atoms with Crippen LogP contribution in [-0.2, 0) is 19.1 Å². The summed E-state index contributed by atoms with van der Waals surface area (Å²) in [5.74, 6) is 0.737. The van der Waals surface area contributed by atoms with E-state index < -0.39 is 16.9 Å². The predicted octanol–water partition coefficient (Wildman–Crippen LogP) is 2.92. The first-order valence-electron chi connectivity index (χ1n) is 8.99. The molecular formula is C19H25NO6S2. The molecule has 0 aliphatic carbocycles. The highest BCUT2D eigenvalue weighted by Crippen LogP contribution is 2.46. The van der Waals surface area contributed by atoms with Crippen LogP contribution in [0.5, 0.6) is 11.5 Å². The van der Waals surface area contributed by atoms with Crippen molar-refractivity contribution in [3.8, 4) is 11.5 Å². The second kappa shape index (κ2) is 10.2. The van der Waals surface area contributed by atoms with Gasteiger partial charge in [-0.15, -0.1) is 11.8 Å². The van der Waals surface area contributed by atoms with Crippen molar-refractivity contribution in [1.29, 1.82) is 0 Å². The molecule has 9 heteroatoms. The van der Waals surface area contributed by atoms with Crippen molar-refractivity contribution in [1.82, 2.24) is 4.31 Å². The fourth-order valence-electron chi connectivity index (χ4n) is 2.76. The summed E-state index contributed by atoms with van der Waals surface area (Å²) in [7, 11) is 0. The Bertz CT molecular complexity index is 728. The first kappa shape index (κ1) is 22.6. The average Bonchev–Trinajstić information content (AvgIpc) is 3.00.